The van der Waals surface area contributed by atoms with Crippen molar-refractivity contribution in [2.45, 2.75) is 37.6 Å². The molecule has 0 radical (unpaired) electrons. The Balaban J connectivity index is 1.57. The number of aliphatic hydroxyl groups excluding tert-OH is 1. The molecule has 1 aromatic carbocycles. The monoisotopic (exact) mass is 306 g/mol. The van der Waals surface area contributed by atoms with Crippen LogP contribution in [0.25, 0.3) is 5.57 Å². The molecule has 22 heavy (non-hydrogen) atoms. The zero-order valence-electron chi connectivity index (χ0n) is 12.6. The summed E-state index contributed by atoms with van der Waals surface area (Å²) in [5, 5.41) is 8.74. The Labute approximate surface area is 130 Å². The Morgan fingerprint density at radius 3 is 2.59 bits per heavy atom. The molecule has 3 rings (SSSR count). The quantitative estimate of drug-likeness (QED) is 0.848. The number of ether oxygens (including phenoxy) is 2. The molecule has 120 valence electrons. The topological polar surface area (TPSA) is 57.2 Å². The van der Waals surface area contributed by atoms with Gasteiger partial charge < -0.3 is 14.6 Å². The molecule has 1 N–H and O–H groups in total. The van der Waals surface area contributed by atoms with E-state index in [4.69, 9.17) is 24.4 Å². The van der Waals surface area contributed by atoms with E-state index in [2.05, 4.69) is 6.58 Å². The Kier molecular flexibility index (Phi) is 4.78. The predicted octanol–water partition coefficient (Wildman–Crippen LogP) is 2.69. The summed E-state index contributed by atoms with van der Waals surface area (Å²) in [6.45, 7) is 4.84. The molecule has 1 unspecified atom stereocenters. The minimum atomic E-state index is -0.529. The lowest BCUT2D eigenvalue weighted by atomic mass is 10.0. The van der Waals surface area contributed by atoms with E-state index in [1.54, 1.807) is 0 Å². The highest BCUT2D eigenvalue weighted by atomic mass is 17.2. The van der Waals surface area contributed by atoms with Crippen LogP contribution in [-0.4, -0.2) is 36.8 Å². The highest BCUT2D eigenvalue weighted by molar-refractivity contribution is 5.67. The molecule has 0 bridgehead atoms. The van der Waals surface area contributed by atoms with Crippen LogP contribution in [0, 0.1) is 0 Å². The van der Waals surface area contributed by atoms with Crippen molar-refractivity contribution in [3.8, 4) is 5.75 Å². The van der Waals surface area contributed by atoms with Crippen molar-refractivity contribution in [1.29, 1.82) is 0 Å². The first-order chi connectivity index (χ1) is 10.7. The zero-order chi connectivity index (χ0) is 15.4. The maximum atomic E-state index is 8.74. The van der Waals surface area contributed by atoms with E-state index in [1.165, 1.54) is 0 Å². The molecule has 5 nitrogen and oxygen atoms in total. The number of aliphatic hydroxyl groups is 1. The van der Waals surface area contributed by atoms with Crippen LogP contribution in [0.1, 0.15) is 31.2 Å². The molecule has 1 heterocycles. The van der Waals surface area contributed by atoms with Gasteiger partial charge in [0.2, 0.25) is 5.79 Å². The summed E-state index contributed by atoms with van der Waals surface area (Å²) < 4.78 is 11.2. The second-order valence-corrected chi connectivity index (χ2v) is 5.72. The van der Waals surface area contributed by atoms with Crippen molar-refractivity contribution < 1.29 is 24.4 Å². The van der Waals surface area contributed by atoms with Gasteiger partial charge in [0, 0.05) is 12.8 Å². The van der Waals surface area contributed by atoms with E-state index in [9.17, 15) is 0 Å². The molecule has 2 aliphatic rings. The largest absolute Gasteiger partial charge is 0.491 e. The molecule has 1 saturated heterocycles. The van der Waals surface area contributed by atoms with Gasteiger partial charge in [-0.1, -0.05) is 18.7 Å². The first-order valence-corrected chi connectivity index (χ1v) is 7.74. The van der Waals surface area contributed by atoms with E-state index in [1.807, 2.05) is 24.3 Å². The van der Waals surface area contributed by atoms with Crippen LogP contribution in [-0.2, 0) is 14.5 Å². The third-order valence-corrected chi connectivity index (χ3v) is 4.15. The summed E-state index contributed by atoms with van der Waals surface area (Å²) in [7, 11) is 0. The van der Waals surface area contributed by atoms with Gasteiger partial charge in [-0.05, 0) is 36.1 Å². The fourth-order valence-electron chi connectivity index (χ4n) is 2.84. The van der Waals surface area contributed by atoms with Crippen molar-refractivity contribution >= 4 is 5.57 Å². The fourth-order valence-corrected chi connectivity index (χ4v) is 2.84. The van der Waals surface area contributed by atoms with Gasteiger partial charge in [0.15, 0.2) is 0 Å². The van der Waals surface area contributed by atoms with Crippen LogP contribution in [0.5, 0.6) is 5.75 Å². The van der Waals surface area contributed by atoms with Gasteiger partial charge >= 0.3 is 0 Å². The van der Waals surface area contributed by atoms with Crippen molar-refractivity contribution in [2.24, 2.45) is 0 Å². The molecule has 0 amide bonds. The number of rotatable bonds is 5. The smallest absolute Gasteiger partial charge is 0.201 e. The van der Waals surface area contributed by atoms with E-state index in [0.717, 1.165) is 36.8 Å². The van der Waals surface area contributed by atoms with E-state index in [0.29, 0.717) is 12.4 Å². The van der Waals surface area contributed by atoms with Crippen molar-refractivity contribution in [2.75, 3.05) is 19.8 Å². The molecule has 1 aliphatic heterocycles. The van der Waals surface area contributed by atoms with Crippen molar-refractivity contribution in [3.63, 3.8) is 0 Å². The number of hydrogen-bond acceptors (Lipinski definition) is 5. The molecule has 0 aromatic heterocycles. The van der Waals surface area contributed by atoms with Gasteiger partial charge in [-0.15, -0.1) is 0 Å². The van der Waals surface area contributed by atoms with Gasteiger partial charge in [0.1, 0.15) is 18.5 Å². The Morgan fingerprint density at radius 1 is 1.27 bits per heavy atom. The molecule has 1 aliphatic carbocycles. The Morgan fingerprint density at radius 2 is 2.00 bits per heavy atom. The van der Waals surface area contributed by atoms with Crippen LogP contribution < -0.4 is 4.74 Å². The lowest BCUT2D eigenvalue weighted by Crippen LogP contribution is -2.43. The van der Waals surface area contributed by atoms with Gasteiger partial charge in [-0.3, -0.25) is 0 Å². The van der Waals surface area contributed by atoms with Crippen LogP contribution in [0.15, 0.2) is 30.8 Å². The molecule has 1 atom stereocenters. The van der Waals surface area contributed by atoms with Crippen LogP contribution in [0.4, 0.5) is 0 Å². The average Bonchev–Trinajstić information content (AvgIpc) is 3.02. The maximum absolute atomic E-state index is 8.74. The Bertz CT molecular complexity index is 494. The second-order valence-electron chi connectivity index (χ2n) is 5.72. The highest BCUT2D eigenvalue weighted by Crippen LogP contribution is 2.39. The summed E-state index contributed by atoms with van der Waals surface area (Å²) >= 11 is 0. The SMILES string of the molecule is C=C(c1ccc(OCCO)cc1)C1COC2(CCCC2)OO1. The third-order valence-electron chi connectivity index (χ3n) is 4.15. The first kappa shape index (κ1) is 15.5. The molecule has 1 aromatic rings. The average molecular weight is 306 g/mol. The molecule has 1 spiro atoms. The lowest BCUT2D eigenvalue weighted by molar-refractivity contribution is -0.475. The normalized spacial score (nSPS) is 23.6. The van der Waals surface area contributed by atoms with Gasteiger partial charge in [-0.2, -0.15) is 0 Å². The summed E-state index contributed by atoms with van der Waals surface area (Å²) in [4.78, 5) is 11.1. The summed E-state index contributed by atoms with van der Waals surface area (Å²) in [5.74, 6) is 0.186. The molecule has 1 saturated carbocycles. The summed E-state index contributed by atoms with van der Waals surface area (Å²) in [5.41, 5.74) is 1.78. The second kappa shape index (κ2) is 6.79. The van der Waals surface area contributed by atoms with Gasteiger partial charge in [0.05, 0.1) is 13.2 Å². The zero-order valence-corrected chi connectivity index (χ0v) is 12.6. The van der Waals surface area contributed by atoms with Crippen molar-refractivity contribution in [3.05, 3.63) is 36.4 Å². The summed E-state index contributed by atoms with van der Waals surface area (Å²) in [6, 6.07) is 7.52. The van der Waals surface area contributed by atoms with Gasteiger partial charge in [-0.25, -0.2) is 9.78 Å². The minimum absolute atomic E-state index is 0.000795. The number of benzene rings is 1. The highest BCUT2D eigenvalue weighted by Gasteiger charge is 2.42. The Hall–Kier alpha value is -1.40. The van der Waals surface area contributed by atoms with E-state index >= 15 is 0 Å². The summed E-state index contributed by atoms with van der Waals surface area (Å²) in [6.07, 6.45) is 3.72. The van der Waals surface area contributed by atoms with Crippen LogP contribution >= 0.6 is 0 Å². The first-order valence-electron chi connectivity index (χ1n) is 7.74. The van der Waals surface area contributed by atoms with Crippen molar-refractivity contribution in [1.82, 2.24) is 0 Å². The van der Waals surface area contributed by atoms with Crippen LogP contribution in [0.3, 0.4) is 0 Å². The van der Waals surface area contributed by atoms with Crippen LogP contribution in [0.2, 0.25) is 0 Å². The van der Waals surface area contributed by atoms with Gasteiger partial charge in [0.25, 0.3) is 0 Å². The third kappa shape index (κ3) is 3.33. The minimum Gasteiger partial charge on any atom is -0.491 e. The number of hydrogen-bond donors (Lipinski definition) is 1. The fraction of sp³-hybridized carbons (Fsp3) is 0.529. The standard InChI is InChI=1S/C17H22O5/c1-13(14-4-6-15(7-5-14)19-11-10-18)16-12-20-17(22-21-16)8-2-3-9-17/h4-7,16,18H,1-3,8-12H2. The molecular weight excluding hydrogens is 284 g/mol. The van der Waals surface area contributed by atoms with E-state index in [-0.39, 0.29) is 19.3 Å². The molecule has 2 fully saturated rings. The maximum Gasteiger partial charge on any atom is 0.201 e. The lowest BCUT2D eigenvalue weighted by Gasteiger charge is -2.36. The molecule has 5 heteroatoms. The predicted molar refractivity (Wildman–Crippen MR) is 81.2 cm³/mol. The molecular formula is C17H22O5. The van der Waals surface area contributed by atoms with E-state index < -0.39 is 5.79 Å².